The maximum Gasteiger partial charge on any atom is 0.270 e. The Hall–Kier alpha value is -3.01. The van der Waals surface area contributed by atoms with Gasteiger partial charge in [-0.1, -0.05) is 29.5 Å². The van der Waals surface area contributed by atoms with Crippen molar-refractivity contribution >= 4 is 56.8 Å². The molecular formula is C22H25ClN4O4S. The Morgan fingerprint density at radius 2 is 1.97 bits per heavy atom. The number of anilines is 1. The van der Waals surface area contributed by atoms with E-state index in [9.17, 15) is 14.9 Å². The minimum absolute atomic E-state index is 0. The summed E-state index contributed by atoms with van der Waals surface area (Å²) in [5, 5.41) is 11.6. The minimum atomic E-state index is -0.457. The summed E-state index contributed by atoms with van der Waals surface area (Å²) in [6, 6.07) is 11.8. The van der Waals surface area contributed by atoms with E-state index < -0.39 is 4.92 Å². The number of fused-ring (bicyclic) bond motifs is 1. The molecule has 0 fully saturated rings. The quantitative estimate of drug-likeness (QED) is 0.254. The molecule has 0 aliphatic heterocycles. The lowest BCUT2D eigenvalue weighted by atomic mass is 10.2. The van der Waals surface area contributed by atoms with Crippen LogP contribution in [0.2, 0.25) is 0 Å². The topological polar surface area (TPSA) is 88.8 Å². The Kier molecular flexibility index (Phi) is 9.13. The first-order valence-electron chi connectivity index (χ1n) is 9.71. The van der Waals surface area contributed by atoms with Crippen LogP contribution >= 0.6 is 23.7 Å². The first kappa shape index (κ1) is 25.3. The van der Waals surface area contributed by atoms with Gasteiger partial charge in [0.2, 0.25) is 0 Å². The maximum absolute atomic E-state index is 13.1. The molecule has 1 amide bonds. The first-order valence-corrected chi connectivity index (χ1v) is 10.5. The zero-order chi connectivity index (χ0) is 22.4. The van der Waals surface area contributed by atoms with Crippen molar-refractivity contribution in [3.05, 3.63) is 64.2 Å². The van der Waals surface area contributed by atoms with Crippen LogP contribution in [0.5, 0.6) is 5.75 Å². The Labute approximate surface area is 196 Å². The van der Waals surface area contributed by atoms with Crippen LogP contribution in [0.4, 0.5) is 10.8 Å². The maximum atomic E-state index is 13.1. The van der Waals surface area contributed by atoms with Crippen LogP contribution in [-0.2, 0) is 4.79 Å². The Balaban J connectivity index is 0.00000363. The molecule has 0 bridgehead atoms. The van der Waals surface area contributed by atoms with Gasteiger partial charge >= 0.3 is 0 Å². The third-order valence-corrected chi connectivity index (χ3v) is 5.62. The molecule has 0 spiro atoms. The highest BCUT2D eigenvalue weighted by molar-refractivity contribution is 7.22. The molecule has 32 heavy (non-hydrogen) atoms. The molecule has 0 saturated heterocycles. The summed E-state index contributed by atoms with van der Waals surface area (Å²) in [6.07, 6.45) is 3.79. The smallest absolute Gasteiger partial charge is 0.270 e. The van der Waals surface area contributed by atoms with Crippen molar-refractivity contribution < 1.29 is 14.5 Å². The van der Waals surface area contributed by atoms with Gasteiger partial charge in [0.1, 0.15) is 11.3 Å². The first-order chi connectivity index (χ1) is 14.9. The number of halogens is 1. The highest BCUT2D eigenvalue weighted by Crippen LogP contribution is 2.34. The van der Waals surface area contributed by atoms with Gasteiger partial charge in [0.25, 0.3) is 11.6 Å². The Bertz CT molecular complexity index is 1120. The Morgan fingerprint density at radius 1 is 1.22 bits per heavy atom. The van der Waals surface area contributed by atoms with Crippen molar-refractivity contribution in [3.8, 4) is 5.75 Å². The number of aromatic nitrogens is 1. The molecule has 0 N–H and O–H groups in total. The van der Waals surface area contributed by atoms with Gasteiger partial charge in [-0.05, 0) is 50.8 Å². The summed E-state index contributed by atoms with van der Waals surface area (Å²) in [4.78, 5) is 31.9. The number of thiazole rings is 1. The lowest BCUT2D eigenvalue weighted by Gasteiger charge is -2.19. The van der Waals surface area contributed by atoms with Crippen molar-refractivity contribution in [2.45, 2.75) is 6.42 Å². The van der Waals surface area contributed by atoms with Gasteiger partial charge in [-0.25, -0.2) is 4.98 Å². The predicted molar refractivity (Wildman–Crippen MR) is 131 cm³/mol. The largest absolute Gasteiger partial charge is 0.494 e. The van der Waals surface area contributed by atoms with Gasteiger partial charge in [-0.2, -0.15) is 0 Å². The molecule has 1 aromatic heterocycles. The fourth-order valence-corrected chi connectivity index (χ4v) is 4.05. The third kappa shape index (κ3) is 6.25. The SMILES string of the molecule is COc1cccc2sc(N(CCCN(C)C)C(=O)C=Cc3cccc([N+](=O)[O-])c3)nc12.Cl. The number of hydrogen-bond donors (Lipinski definition) is 0. The molecule has 0 atom stereocenters. The number of benzene rings is 2. The molecule has 2 aromatic carbocycles. The molecule has 10 heteroatoms. The highest BCUT2D eigenvalue weighted by Gasteiger charge is 2.19. The zero-order valence-corrected chi connectivity index (χ0v) is 19.7. The predicted octanol–water partition coefficient (Wildman–Crippen LogP) is 4.63. The van der Waals surface area contributed by atoms with Crippen molar-refractivity contribution in [2.75, 3.05) is 39.2 Å². The van der Waals surface area contributed by atoms with Crippen LogP contribution in [0.3, 0.4) is 0 Å². The monoisotopic (exact) mass is 476 g/mol. The van der Waals surface area contributed by atoms with Crippen molar-refractivity contribution in [3.63, 3.8) is 0 Å². The number of nitro benzene ring substituents is 1. The molecule has 0 aliphatic rings. The summed E-state index contributed by atoms with van der Waals surface area (Å²) >= 11 is 1.43. The second-order valence-electron chi connectivity index (χ2n) is 7.14. The number of amides is 1. The normalized spacial score (nSPS) is 11.0. The molecule has 3 rings (SSSR count). The molecule has 0 aliphatic carbocycles. The van der Waals surface area contributed by atoms with Gasteiger partial charge in [0, 0.05) is 24.8 Å². The van der Waals surface area contributed by atoms with Gasteiger partial charge in [0.15, 0.2) is 5.13 Å². The van der Waals surface area contributed by atoms with E-state index in [1.807, 2.05) is 32.3 Å². The average Bonchev–Trinajstić information content (AvgIpc) is 3.19. The van der Waals surface area contributed by atoms with Crippen LogP contribution < -0.4 is 9.64 Å². The fraction of sp³-hybridized carbons (Fsp3) is 0.273. The van der Waals surface area contributed by atoms with E-state index in [1.54, 1.807) is 30.2 Å². The third-order valence-electron chi connectivity index (χ3n) is 4.57. The molecule has 170 valence electrons. The van der Waals surface area contributed by atoms with E-state index in [4.69, 9.17) is 4.74 Å². The van der Waals surface area contributed by atoms with E-state index in [1.165, 1.54) is 29.5 Å². The number of nitrogens with zero attached hydrogens (tertiary/aromatic N) is 4. The van der Waals surface area contributed by atoms with Gasteiger partial charge in [0.05, 0.1) is 16.7 Å². The summed E-state index contributed by atoms with van der Waals surface area (Å²) in [7, 11) is 5.56. The summed E-state index contributed by atoms with van der Waals surface area (Å²) in [5.74, 6) is 0.427. The Morgan fingerprint density at radius 3 is 2.66 bits per heavy atom. The van der Waals surface area contributed by atoms with Gasteiger partial charge in [-0.3, -0.25) is 19.8 Å². The average molecular weight is 477 g/mol. The van der Waals surface area contributed by atoms with Crippen LogP contribution in [-0.4, -0.2) is 55.0 Å². The number of hydrogen-bond acceptors (Lipinski definition) is 7. The van der Waals surface area contributed by atoms with E-state index in [2.05, 4.69) is 9.88 Å². The second kappa shape index (κ2) is 11.6. The van der Waals surface area contributed by atoms with Crippen molar-refractivity contribution in [1.82, 2.24) is 9.88 Å². The van der Waals surface area contributed by atoms with Crippen LogP contribution in [0.25, 0.3) is 16.3 Å². The standard InChI is InChI=1S/C22H24N4O4S.ClH/c1-24(2)13-6-14-25(22-23-21-18(30-3)9-5-10-19(21)31-22)20(27)12-11-16-7-4-8-17(15-16)26(28)29;/h4-5,7-12,15H,6,13-14H2,1-3H3;1H. The fourth-order valence-electron chi connectivity index (χ4n) is 3.04. The van der Waals surface area contributed by atoms with Crippen LogP contribution in [0.15, 0.2) is 48.5 Å². The van der Waals surface area contributed by atoms with E-state index in [0.29, 0.717) is 23.0 Å². The molecular weight excluding hydrogens is 452 g/mol. The highest BCUT2D eigenvalue weighted by atomic mass is 35.5. The van der Waals surface area contributed by atoms with Gasteiger partial charge < -0.3 is 9.64 Å². The summed E-state index contributed by atoms with van der Waals surface area (Å²) in [6.45, 7) is 1.32. The number of ether oxygens (including phenoxy) is 1. The van der Waals surface area contributed by atoms with E-state index in [-0.39, 0.29) is 24.0 Å². The number of carbonyl (C=O) groups excluding carboxylic acids is 1. The van der Waals surface area contributed by atoms with Crippen molar-refractivity contribution in [2.24, 2.45) is 0 Å². The number of carbonyl (C=O) groups is 1. The molecule has 3 aromatic rings. The lowest BCUT2D eigenvalue weighted by Crippen LogP contribution is -2.32. The molecule has 0 radical (unpaired) electrons. The number of non-ortho nitro benzene ring substituents is 1. The number of nitro groups is 1. The summed E-state index contributed by atoms with van der Waals surface area (Å²) < 4.78 is 6.33. The summed E-state index contributed by atoms with van der Waals surface area (Å²) in [5.41, 5.74) is 1.29. The lowest BCUT2D eigenvalue weighted by molar-refractivity contribution is -0.384. The van der Waals surface area contributed by atoms with E-state index >= 15 is 0 Å². The van der Waals surface area contributed by atoms with Crippen LogP contribution in [0, 0.1) is 10.1 Å². The van der Waals surface area contributed by atoms with E-state index in [0.717, 1.165) is 23.2 Å². The van der Waals surface area contributed by atoms with Crippen LogP contribution in [0.1, 0.15) is 12.0 Å². The molecule has 1 heterocycles. The number of methoxy groups -OCH3 is 1. The van der Waals surface area contributed by atoms with Crippen molar-refractivity contribution in [1.29, 1.82) is 0 Å². The molecule has 0 saturated carbocycles. The number of rotatable bonds is 9. The minimum Gasteiger partial charge on any atom is -0.494 e. The molecule has 0 unspecified atom stereocenters. The second-order valence-corrected chi connectivity index (χ2v) is 8.14. The zero-order valence-electron chi connectivity index (χ0n) is 18.1. The van der Waals surface area contributed by atoms with Gasteiger partial charge in [-0.15, -0.1) is 12.4 Å². The molecule has 8 nitrogen and oxygen atoms in total. The number of para-hydroxylation sites is 1.